The summed E-state index contributed by atoms with van der Waals surface area (Å²) in [5.41, 5.74) is 0.872. The number of likely N-dealkylation sites (N-methyl/N-ethyl adjacent to an activating group) is 1. The highest BCUT2D eigenvalue weighted by molar-refractivity contribution is 7.10. The Balaban J connectivity index is 1.88. The van der Waals surface area contributed by atoms with E-state index in [2.05, 4.69) is 19.8 Å². The van der Waals surface area contributed by atoms with Crippen molar-refractivity contribution < 1.29 is 4.74 Å². The Kier molecular flexibility index (Phi) is 4.48. The molecule has 0 saturated carbocycles. The van der Waals surface area contributed by atoms with E-state index in [9.17, 15) is 0 Å². The first kappa shape index (κ1) is 12.2. The van der Waals surface area contributed by atoms with Gasteiger partial charge in [-0.2, -0.15) is 0 Å². The van der Waals surface area contributed by atoms with Crippen molar-refractivity contribution in [3.05, 3.63) is 10.0 Å². The summed E-state index contributed by atoms with van der Waals surface area (Å²) < 4.78 is 10.2. The van der Waals surface area contributed by atoms with Crippen molar-refractivity contribution in [2.24, 2.45) is 0 Å². The first-order valence-corrected chi connectivity index (χ1v) is 6.40. The van der Waals surface area contributed by atoms with E-state index < -0.39 is 0 Å². The molecular weight excluding hydrogens is 248 g/mol. The second-order valence-electron chi connectivity index (χ2n) is 3.78. The van der Waals surface area contributed by atoms with Crippen molar-refractivity contribution in [3.8, 4) is 0 Å². The minimum atomic E-state index is 0.254. The lowest BCUT2D eigenvalue weighted by Gasteiger charge is -2.32. The largest absolute Gasteiger partial charge is 0.374 e. The molecule has 0 spiro atoms. The van der Waals surface area contributed by atoms with Crippen molar-refractivity contribution >= 4 is 23.1 Å². The van der Waals surface area contributed by atoms with Crippen LogP contribution in [0.5, 0.6) is 0 Å². The zero-order chi connectivity index (χ0) is 11.4. The van der Waals surface area contributed by atoms with Crippen LogP contribution in [-0.2, 0) is 11.3 Å². The third-order valence-corrected chi connectivity index (χ3v) is 3.52. The summed E-state index contributed by atoms with van der Waals surface area (Å²) in [4.78, 5) is 2.30. The van der Waals surface area contributed by atoms with Crippen molar-refractivity contribution in [2.45, 2.75) is 12.6 Å². The van der Waals surface area contributed by atoms with E-state index in [4.69, 9.17) is 16.3 Å². The number of ether oxygens (including phenoxy) is 1. The van der Waals surface area contributed by atoms with Gasteiger partial charge in [0, 0.05) is 37.7 Å². The molecule has 0 bridgehead atoms. The molecule has 5 nitrogen and oxygen atoms in total. The molecule has 1 aliphatic rings. The van der Waals surface area contributed by atoms with Crippen LogP contribution in [0.25, 0.3) is 0 Å². The van der Waals surface area contributed by atoms with Gasteiger partial charge in [-0.25, -0.2) is 0 Å². The number of hydrogen-bond acceptors (Lipinski definition) is 6. The molecule has 0 radical (unpaired) electrons. The fourth-order valence-corrected chi connectivity index (χ4v) is 2.39. The summed E-state index contributed by atoms with van der Waals surface area (Å²) in [5, 5.41) is 7.14. The molecule has 1 saturated heterocycles. The normalized spacial score (nSPS) is 22.5. The van der Waals surface area contributed by atoms with Gasteiger partial charge >= 0.3 is 0 Å². The SMILES string of the molecule is CNCC1CN(Cc2nnsc2Cl)CCO1. The van der Waals surface area contributed by atoms with Gasteiger partial charge in [0.25, 0.3) is 0 Å². The van der Waals surface area contributed by atoms with Gasteiger partial charge in [0.1, 0.15) is 10.0 Å². The molecule has 1 fully saturated rings. The minimum Gasteiger partial charge on any atom is -0.374 e. The van der Waals surface area contributed by atoms with Crippen molar-refractivity contribution in [3.63, 3.8) is 0 Å². The Labute approximate surface area is 104 Å². The Morgan fingerprint density at radius 3 is 3.25 bits per heavy atom. The number of rotatable bonds is 4. The van der Waals surface area contributed by atoms with E-state index in [0.717, 1.165) is 38.5 Å². The van der Waals surface area contributed by atoms with E-state index in [1.165, 1.54) is 11.5 Å². The van der Waals surface area contributed by atoms with E-state index >= 15 is 0 Å². The molecular formula is C9H15ClN4OS. The Bertz CT molecular complexity index is 333. The molecule has 1 aromatic rings. The van der Waals surface area contributed by atoms with Gasteiger partial charge in [0.05, 0.1) is 12.7 Å². The van der Waals surface area contributed by atoms with Crippen LogP contribution in [0, 0.1) is 0 Å². The smallest absolute Gasteiger partial charge is 0.138 e. The number of aromatic nitrogens is 2. The molecule has 1 aromatic heterocycles. The number of morpholine rings is 1. The average Bonchev–Trinajstić information content (AvgIpc) is 2.66. The Morgan fingerprint density at radius 2 is 2.56 bits per heavy atom. The van der Waals surface area contributed by atoms with Gasteiger partial charge in [-0.05, 0) is 7.05 Å². The Hall–Kier alpha value is -0.270. The lowest BCUT2D eigenvalue weighted by Crippen LogP contribution is -2.45. The molecule has 1 atom stereocenters. The summed E-state index contributed by atoms with van der Waals surface area (Å²) in [6.07, 6.45) is 0.254. The maximum atomic E-state index is 5.98. The molecule has 90 valence electrons. The maximum absolute atomic E-state index is 5.98. The average molecular weight is 263 g/mol. The van der Waals surface area contributed by atoms with Crippen LogP contribution in [-0.4, -0.2) is 53.9 Å². The highest BCUT2D eigenvalue weighted by atomic mass is 35.5. The number of halogens is 1. The van der Waals surface area contributed by atoms with Crippen molar-refractivity contribution in [2.75, 3.05) is 33.3 Å². The van der Waals surface area contributed by atoms with Gasteiger partial charge in [0.2, 0.25) is 0 Å². The fourth-order valence-electron chi connectivity index (χ4n) is 1.78. The number of nitrogens with one attached hydrogen (secondary N) is 1. The van der Waals surface area contributed by atoms with Crippen molar-refractivity contribution in [1.29, 1.82) is 0 Å². The molecule has 1 aliphatic heterocycles. The molecule has 0 aliphatic carbocycles. The van der Waals surface area contributed by atoms with Gasteiger partial charge in [-0.15, -0.1) is 5.10 Å². The van der Waals surface area contributed by atoms with E-state index in [0.29, 0.717) is 4.34 Å². The topological polar surface area (TPSA) is 50.3 Å². The quantitative estimate of drug-likeness (QED) is 0.862. The van der Waals surface area contributed by atoms with Crippen LogP contribution in [0.3, 0.4) is 0 Å². The van der Waals surface area contributed by atoms with E-state index in [1.54, 1.807) is 0 Å². The van der Waals surface area contributed by atoms with Crippen LogP contribution in [0.1, 0.15) is 5.69 Å². The predicted octanol–water partition coefficient (Wildman–Crippen LogP) is 0.612. The van der Waals surface area contributed by atoms with Crippen LogP contribution >= 0.6 is 23.1 Å². The van der Waals surface area contributed by atoms with Crippen molar-refractivity contribution in [1.82, 2.24) is 19.8 Å². The van der Waals surface area contributed by atoms with E-state index in [-0.39, 0.29) is 6.10 Å². The molecule has 1 unspecified atom stereocenters. The van der Waals surface area contributed by atoms with Crippen LogP contribution in [0.15, 0.2) is 0 Å². The first-order valence-electron chi connectivity index (χ1n) is 5.25. The number of nitrogens with zero attached hydrogens (tertiary/aromatic N) is 3. The molecule has 7 heteroatoms. The molecule has 0 amide bonds. The zero-order valence-electron chi connectivity index (χ0n) is 9.15. The summed E-state index contributed by atoms with van der Waals surface area (Å²) in [6.45, 7) is 4.24. The van der Waals surface area contributed by atoms with Crippen LogP contribution < -0.4 is 5.32 Å². The van der Waals surface area contributed by atoms with Gasteiger partial charge in [0.15, 0.2) is 0 Å². The Morgan fingerprint density at radius 1 is 1.69 bits per heavy atom. The minimum absolute atomic E-state index is 0.254. The van der Waals surface area contributed by atoms with Gasteiger partial charge in [-0.3, -0.25) is 4.90 Å². The first-order chi connectivity index (χ1) is 7.79. The number of hydrogen-bond donors (Lipinski definition) is 1. The standard InChI is InChI=1S/C9H15ClN4OS/c1-11-4-7-5-14(2-3-15-7)6-8-9(10)16-13-12-8/h7,11H,2-6H2,1H3. The van der Waals surface area contributed by atoms with Crippen LogP contribution in [0.2, 0.25) is 4.34 Å². The fraction of sp³-hybridized carbons (Fsp3) is 0.778. The molecule has 16 heavy (non-hydrogen) atoms. The molecule has 2 heterocycles. The summed E-state index contributed by atoms with van der Waals surface area (Å²) in [6, 6.07) is 0. The predicted molar refractivity (Wildman–Crippen MR) is 63.9 cm³/mol. The van der Waals surface area contributed by atoms with Gasteiger partial charge in [-0.1, -0.05) is 16.1 Å². The third kappa shape index (κ3) is 3.11. The summed E-state index contributed by atoms with van der Waals surface area (Å²) in [5.74, 6) is 0. The van der Waals surface area contributed by atoms with Crippen LogP contribution in [0.4, 0.5) is 0 Å². The van der Waals surface area contributed by atoms with Gasteiger partial charge < -0.3 is 10.1 Å². The lowest BCUT2D eigenvalue weighted by atomic mass is 10.2. The van der Waals surface area contributed by atoms with E-state index in [1.807, 2.05) is 7.05 Å². The molecule has 1 N–H and O–H groups in total. The lowest BCUT2D eigenvalue weighted by molar-refractivity contribution is -0.0294. The molecule has 2 rings (SSSR count). The highest BCUT2D eigenvalue weighted by Crippen LogP contribution is 2.19. The monoisotopic (exact) mass is 262 g/mol. The highest BCUT2D eigenvalue weighted by Gasteiger charge is 2.21. The zero-order valence-corrected chi connectivity index (χ0v) is 10.7. The molecule has 0 aromatic carbocycles. The second-order valence-corrected chi connectivity index (χ2v) is 5.14. The third-order valence-electron chi connectivity index (χ3n) is 2.54. The maximum Gasteiger partial charge on any atom is 0.138 e. The summed E-state index contributed by atoms with van der Waals surface area (Å²) in [7, 11) is 1.93. The summed E-state index contributed by atoms with van der Waals surface area (Å²) >= 11 is 7.22. The second kappa shape index (κ2) is 5.88.